The average Bonchev–Trinajstić information content (AvgIpc) is 3.20. The van der Waals surface area contributed by atoms with Crippen LogP contribution in [0.3, 0.4) is 0 Å². The number of hydrogen-bond acceptors (Lipinski definition) is 5. The number of piperidine rings is 1. The molecule has 1 aliphatic rings. The number of anilines is 1. The van der Waals surface area contributed by atoms with Gasteiger partial charge in [0.05, 0.1) is 16.1 Å². The third-order valence-electron chi connectivity index (χ3n) is 5.15. The molecule has 1 fully saturated rings. The standard InChI is InChI=1S/C20H24ClN3O4S2/c1-12-6-8-24(9-7-12)30(27,28)17-5-4-16(29-17)20(26)23-18-13(2)10-14(21)11-15(18)19(25)22-3/h4-5,10-12H,6-9H2,1-3H3,(H,22,25)(H,23,26). The maximum atomic E-state index is 12.9. The van der Waals surface area contributed by atoms with Gasteiger partial charge in [-0.05, 0) is 55.5 Å². The molecule has 0 spiro atoms. The molecular weight excluding hydrogens is 446 g/mol. The molecule has 2 heterocycles. The number of amides is 2. The molecule has 30 heavy (non-hydrogen) atoms. The predicted octanol–water partition coefficient (Wildman–Crippen LogP) is 3.74. The van der Waals surface area contributed by atoms with Gasteiger partial charge < -0.3 is 10.6 Å². The maximum absolute atomic E-state index is 12.9. The first-order chi connectivity index (χ1) is 14.1. The number of nitrogens with one attached hydrogen (secondary N) is 2. The Morgan fingerprint density at radius 3 is 2.47 bits per heavy atom. The lowest BCUT2D eigenvalue weighted by atomic mass is 10.0. The largest absolute Gasteiger partial charge is 0.355 e. The van der Waals surface area contributed by atoms with Crippen molar-refractivity contribution in [3.8, 4) is 0 Å². The number of rotatable bonds is 5. The van der Waals surface area contributed by atoms with Crippen molar-refractivity contribution in [2.45, 2.75) is 30.9 Å². The third-order valence-corrected chi connectivity index (χ3v) is 8.82. The molecule has 0 unspecified atom stereocenters. The van der Waals surface area contributed by atoms with E-state index in [4.69, 9.17) is 11.6 Å². The summed E-state index contributed by atoms with van der Waals surface area (Å²) in [6.07, 6.45) is 1.66. The highest BCUT2D eigenvalue weighted by molar-refractivity contribution is 7.91. The smallest absolute Gasteiger partial charge is 0.265 e. The lowest BCUT2D eigenvalue weighted by Crippen LogP contribution is -2.37. The molecule has 162 valence electrons. The Labute approximate surface area is 185 Å². The number of carbonyl (C=O) groups excluding carboxylic acids is 2. The molecule has 0 bridgehead atoms. The average molecular weight is 470 g/mol. The molecule has 3 rings (SSSR count). The maximum Gasteiger partial charge on any atom is 0.265 e. The van der Waals surface area contributed by atoms with Gasteiger partial charge in [0.25, 0.3) is 21.8 Å². The number of nitrogens with zero attached hydrogens (tertiary/aromatic N) is 1. The van der Waals surface area contributed by atoms with Crippen LogP contribution in [0, 0.1) is 12.8 Å². The van der Waals surface area contributed by atoms with E-state index in [0.717, 1.165) is 24.2 Å². The molecule has 2 amide bonds. The molecule has 10 heteroatoms. The summed E-state index contributed by atoms with van der Waals surface area (Å²) < 4.78 is 27.4. The van der Waals surface area contributed by atoms with Gasteiger partial charge in [0.1, 0.15) is 4.21 Å². The summed E-state index contributed by atoms with van der Waals surface area (Å²) in [6.45, 7) is 4.82. The van der Waals surface area contributed by atoms with E-state index in [1.165, 1.54) is 29.6 Å². The van der Waals surface area contributed by atoms with Crippen LogP contribution in [0.2, 0.25) is 5.02 Å². The minimum atomic E-state index is -3.62. The number of carbonyl (C=O) groups is 2. The molecule has 1 aliphatic heterocycles. The second kappa shape index (κ2) is 9.05. The van der Waals surface area contributed by atoms with Gasteiger partial charge in [-0.2, -0.15) is 4.31 Å². The van der Waals surface area contributed by atoms with Crippen LogP contribution in [0.15, 0.2) is 28.5 Å². The summed E-state index contributed by atoms with van der Waals surface area (Å²) in [6, 6.07) is 6.07. The second-order valence-electron chi connectivity index (χ2n) is 7.38. The van der Waals surface area contributed by atoms with Gasteiger partial charge in [0, 0.05) is 25.2 Å². The van der Waals surface area contributed by atoms with E-state index >= 15 is 0 Å². The fraction of sp³-hybridized carbons (Fsp3) is 0.400. The number of sulfonamides is 1. The van der Waals surface area contributed by atoms with Crippen molar-refractivity contribution in [3.63, 3.8) is 0 Å². The van der Waals surface area contributed by atoms with E-state index in [9.17, 15) is 18.0 Å². The molecule has 1 aromatic heterocycles. The molecule has 7 nitrogen and oxygen atoms in total. The van der Waals surface area contributed by atoms with Gasteiger partial charge in [0.15, 0.2) is 0 Å². The molecule has 0 aliphatic carbocycles. The fourth-order valence-corrected chi connectivity index (χ4v) is 6.43. The summed E-state index contributed by atoms with van der Waals surface area (Å²) in [4.78, 5) is 25.2. The zero-order valence-corrected chi connectivity index (χ0v) is 19.4. The Morgan fingerprint density at radius 2 is 1.83 bits per heavy atom. The van der Waals surface area contributed by atoms with Crippen LogP contribution >= 0.6 is 22.9 Å². The number of halogens is 1. The normalized spacial score (nSPS) is 15.7. The van der Waals surface area contributed by atoms with Crippen molar-refractivity contribution in [1.82, 2.24) is 9.62 Å². The topological polar surface area (TPSA) is 95.6 Å². The molecule has 1 aromatic carbocycles. The van der Waals surface area contributed by atoms with Crippen molar-refractivity contribution in [2.24, 2.45) is 5.92 Å². The number of aryl methyl sites for hydroxylation is 1. The zero-order valence-electron chi connectivity index (χ0n) is 17.0. The Morgan fingerprint density at radius 1 is 1.17 bits per heavy atom. The van der Waals surface area contributed by atoms with Crippen LogP contribution in [-0.2, 0) is 10.0 Å². The molecular formula is C20H24ClN3O4S2. The van der Waals surface area contributed by atoms with Crippen molar-refractivity contribution in [3.05, 3.63) is 45.3 Å². The first-order valence-corrected chi connectivity index (χ1v) is 12.2. The zero-order chi connectivity index (χ0) is 22.1. The van der Waals surface area contributed by atoms with E-state index in [2.05, 4.69) is 17.6 Å². The molecule has 2 aromatic rings. The van der Waals surface area contributed by atoms with Gasteiger partial charge in [-0.3, -0.25) is 9.59 Å². The van der Waals surface area contributed by atoms with Gasteiger partial charge in [-0.1, -0.05) is 18.5 Å². The molecule has 0 saturated carbocycles. The van der Waals surface area contributed by atoms with Gasteiger partial charge >= 0.3 is 0 Å². The lowest BCUT2D eigenvalue weighted by Gasteiger charge is -2.28. The van der Waals surface area contributed by atoms with Crippen LogP contribution in [0.1, 0.15) is 45.4 Å². The highest BCUT2D eigenvalue weighted by atomic mass is 35.5. The Hall–Kier alpha value is -1.94. The highest BCUT2D eigenvalue weighted by Crippen LogP contribution is 2.30. The van der Waals surface area contributed by atoms with Gasteiger partial charge in [-0.15, -0.1) is 11.3 Å². The summed E-state index contributed by atoms with van der Waals surface area (Å²) in [5.41, 5.74) is 1.20. The molecule has 1 saturated heterocycles. The number of hydrogen-bond donors (Lipinski definition) is 2. The van der Waals surface area contributed by atoms with Crippen molar-refractivity contribution < 1.29 is 18.0 Å². The van der Waals surface area contributed by atoms with E-state index < -0.39 is 15.9 Å². The first-order valence-electron chi connectivity index (χ1n) is 9.57. The monoisotopic (exact) mass is 469 g/mol. The van der Waals surface area contributed by atoms with Crippen LogP contribution in [-0.4, -0.2) is 44.7 Å². The van der Waals surface area contributed by atoms with Crippen LogP contribution in [0.5, 0.6) is 0 Å². The van der Waals surface area contributed by atoms with E-state index in [0.29, 0.717) is 35.3 Å². The number of thiophene rings is 1. The van der Waals surface area contributed by atoms with E-state index in [1.807, 2.05) is 0 Å². The van der Waals surface area contributed by atoms with Crippen LogP contribution in [0.25, 0.3) is 0 Å². The second-order valence-corrected chi connectivity index (χ2v) is 11.1. The minimum Gasteiger partial charge on any atom is -0.355 e. The minimum absolute atomic E-state index is 0.140. The Kier molecular flexibility index (Phi) is 6.86. The van der Waals surface area contributed by atoms with Gasteiger partial charge in [-0.25, -0.2) is 8.42 Å². The number of benzene rings is 1. The van der Waals surface area contributed by atoms with Crippen LogP contribution < -0.4 is 10.6 Å². The molecule has 0 atom stereocenters. The van der Waals surface area contributed by atoms with Crippen molar-refractivity contribution >= 4 is 50.5 Å². The Bertz CT molecular complexity index is 1070. The molecule has 0 radical (unpaired) electrons. The van der Waals surface area contributed by atoms with Crippen LogP contribution in [0.4, 0.5) is 5.69 Å². The fourth-order valence-electron chi connectivity index (χ4n) is 3.33. The lowest BCUT2D eigenvalue weighted by molar-refractivity contribution is 0.0964. The molecule has 2 N–H and O–H groups in total. The third kappa shape index (κ3) is 4.69. The van der Waals surface area contributed by atoms with Gasteiger partial charge in [0.2, 0.25) is 0 Å². The Balaban J connectivity index is 1.84. The predicted molar refractivity (Wildman–Crippen MR) is 119 cm³/mol. The van der Waals surface area contributed by atoms with E-state index in [1.54, 1.807) is 13.0 Å². The van der Waals surface area contributed by atoms with Crippen molar-refractivity contribution in [1.29, 1.82) is 0 Å². The first kappa shape index (κ1) is 22.7. The summed E-state index contributed by atoms with van der Waals surface area (Å²) in [5.74, 6) is -0.354. The summed E-state index contributed by atoms with van der Waals surface area (Å²) in [5, 5.41) is 5.63. The van der Waals surface area contributed by atoms with Crippen molar-refractivity contribution in [2.75, 3.05) is 25.5 Å². The SMILES string of the molecule is CNC(=O)c1cc(Cl)cc(C)c1NC(=O)c1ccc(S(=O)(=O)N2CCC(C)CC2)s1. The highest BCUT2D eigenvalue weighted by Gasteiger charge is 2.30. The summed E-state index contributed by atoms with van der Waals surface area (Å²) in [7, 11) is -2.13. The quantitative estimate of drug-likeness (QED) is 0.697. The van der Waals surface area contributed by atoms with E-state index in [-0.39, 0.29) is 20.6 Å². The summed E-state index contributed by atoms with van der Waals surface area (Å²) >= 11 is 6.97.